The average Bonchev–Trinajstić information content (AvgIpc) is 3.50. The third-order valence-electron chi connectivity index (χ3n) is 5.73. The van der Waals surface area contributed by atoms with E-state index in [1.165, 1.54) is 18.0 Å². The van der Waals surface area contributed by atoms with Crippen LogP contribution in [0.4, 0.5) is 8.78 Å². The van der Waals surface area contributed by atoms with E-state index in [0.29, 0.717) is 5.56 Å². The first-order valence-electron chi connectivity index (χ1n) is 10.4. The summed E-state index contributed by atoms with van der Waals surface area (Å²) in [5.41, 5.74) is 8.18. The van der Waals surface area contributed by atoms with Crippen molar-refractivity contribution in [2.75, 3.05) is 0 Å². The van der Waals surface area contributed by atoms with Gasteiger partial charge in [-0.05, 0) is 49.6 Å². The van der Waals surface area contributed by atoms with E-state index in [1.54, 1.807) is 12.3 Å². The molecule has 4 aromatic rings. The minimum absolute atomic E-state index is 0.715. The largest absolute Gasteiger partial charge is 0.361 e. The van der Waals surface area contributed by atoms with Crippen LogP contribution in [-0.4, -0.2) is 14.7 Å². The fourth-order valence-corrected chi connectivity index (χ4v) is 4.16. The first-order chi connectivity index (χ1) is 15.5. The Morgan fingerprint density at radius 2 is 1.91 bits per heavy atom. The number of nitrogens with zero attached hydrogens (tertiary/aromatic N) is 3. The molecule has 160 valence electrons. The van der Waals surface area contributed by atoms with Gasteiger partial charge in [0.15, 0.2) is 0 Å². The molecule has 1 aliphatic rings. The predicted octanol–water partition coefficient (Wildman–Crippen LogP) is 6.62. The monoisotopic (exact) mass is 429 g/mol. The molecule has 0 radical (unpaired) electrons. The van der Waals surface area contributed by atoms with E-state index in [9.17, 15) is 8.78 Å². The lowest BCUT2D eigenvalue weighted by molar-refractivity contribution is 0.0706. The van der Waals surface area contributed by atoms with Crippen molar-refractivity contribution in [3.8, 4) is 11.1 Å². The lowest BCUT2D eigenvalue weighted by atomic mass is 9.99. The van der Waals surface area contributed by atoms with Gasteiger partial charge in [0.25, 0.3) is 0 Å². The second kappa shape index (κ2) is 8.04. The highest BCUT2D eigenvalue weighted by Crippen LogP contribution is 2.40. The molecule has 0 spiro atoms. The topological polar surface area (TPSA) is 43.9 Å². The fraction of sp³-hybridized carbons (Fsp3) is 0.154. The molecule has 3 heterocycles. The Bertz CT molecular complexity index is 1330. The summed E-state index contributed by atoms with van der Waals surface area (Å²) in [6, 6.07) is 14.0. The van der Waals surface area contributed by atoms with Crippen molar-refractivity contribution < 1.29 is 13.3 Å². The molecule has 0 unspecified atom stereocenters. The number of rotatable bonds is 5. The highest BCUT2D eigenvalue weighted by molar-refractivity contribution is 6.00. The molecular formula is C26H21F2N3O. The van der Waals surface area contributed by atoms with Gasteiger partial charge in [-0.25, -0.2) is 0 Å². The molecule has 0 saturated carbocycles. The first kappa shape index (κ1) is 20.1. The van der Waals surface area contributed by atoms with Crippen LogP contribution in [0, 0.1) is 13.8 Å². The summed E-state index contributed by atoms with van der Waals surface area (Å²) in [7, 11) is 0. The Morgan fingerprint density at radius 1 is 1.09 bits per heavy atom. The van der Waals surface area contributed by atoms with Gasteiger partial charge in [0.2, 0.25) is 0 Å². The molecule has 5 rings (SSSR count). The molecule has 0 aliphatic heterocycles. The van der Waals surface area contributed by atoms with Crippen molar-refractivity contribution >= 4 is 11.1 Å². The smallest absolute Gasteiger partial charge is 0.318 e. The number of hydrogen-bond donors (Lipinski definition) is 0. The normalized spacial score (nSPS) is 14.3. The van der Waals surface area contributed by atoms with E-state index < -0.39 is 6.55 Å². The van der Waals surface area contributed by atoms with Gasteiger partial charge >= 0.3 is 6.55 Å². The van der Waals surface area contributed by atoms with Gasteiger partial charge < -0.3 is 4.52 Å². The van der Waals surface area contributed by atoms with Crippen LogP contribution in [0.1, 0.15) is 40.4 Å². The molecule has 1 aliphatic carbocycles. The lowest BCUT2D eigenvalue weighted by Crippen LogP contribution is -1.95. The number of pyridine rings is 1. The van der Waals surface area contributed by atoms with Gasteiger partial charge in [0, 0.05) is 46.4 Å². The summed E-state index contributed by atoms with van der Waals surface area (Å²) in [5.74, 6) is 0.735. The Morgan fingerprint density at radius 3 is 2.59 bits per heavy atom. The summed E-state index contributed by atoms with van der Waals surface area (Å²) in [6.07, 6.45) is 9.60. The highest BCUT2D eigenvalue weighted by Gasteiger charge is 2.24. The van der Waals surface area contributed by atoms with Crippen LogP contribution in [0.25, 0.3) is 22.3 Å². The third kappa shape index (κ3) is 3.58. The van der Waals surface area contributed by atoms with Crippen LogP contribution in [0.2, 0.25) is 0 Å². The van der Waals surface area contributed by atoms with E-state index in [1.807, 2.05) is 38.1 Å². The van der Waals surface area contributed by atoms with E-state index in [4.69, 9.17) is 9.51 Å². The Hall–Kier alpha value is -3.80. The predicted molar refractivity (Wildman–Crippen MR) is 120 cm³/mol. The van der Waals surface area contributed by atoms with Crippen molar-refractivity contribution in [3.63, 3.8) is 0 Å². The molecule has 3 aromatic heterocycles. The van der Waals surface area contributed by atoms with Crippen molar-refractivity contribution in [1.82, 2.24) is 14.7 Å². The number of benzene rings is 1. The molecular weight excluding hydrogens is 408 g/mol. The summed E-state index contributed by atoms with van der Waals surface area (Å²) < 4.78 is 32.5. The summed E-state index contributed by atoms with van der Waals surface area (Å²) in [6.45, 7) is 1.21. The second-order valence-electron chi connectivity index (χ2n) is 7.85. The Balaban J connectivity index is 1.61. The molecule has 0 N–H and O–H groups in total. The van der Waals surface area contributed by atoms with Gasteiger partial charge in [0.05, 0.1) is 11.4 Å². The maximum absolute atomic E-state index is 13.1. The molecule has 0 atom stereocenters. The van der Waals surface area contributed by atoms with Gasteiger partial charge in [-0.15, -0.1) is 0 Å². The maximum Gasteiger partial charge on any atom is 0.318 e. The molecule has 0 bridgehead atoms. The molecule has 0 amide bonds. The van der Waals surface area contributed by atoms with Crippen molar-refractivity contribution in [1.29, 1.82) is 0 Å². The Kier molecular flexibility index (Phi) is 5.05. The maximum atomic E-state index is 13.1. The number of fused-ring (bicyclic) bond motifs is 1. The van der Waals surface area contributed by atoms with Gasteiger partial charge in [0.1, 0.15) is 5.76 Å². The molecule has 4 nitrogen and oxygen atoms in total. The first-order valence-corrected chi connectivity index (χ1v) is 10.4. The quantitative estimate of drug-likeness (QED) is 0.358. The van der Waals surface area contributed by atoms with Gasteiger partial charge in [-0.1, -0.05) is 41.6 Å². The van der Waals surface area contributed by atoms with Crippen LogP contribution in [-0.2, 0) is 6.42 Å². The zero-order valence-corrected chi connectivity index (χ0v) is 17.7. The fourth-order valence-electron chi connectivity index (χ4n) is 4.16. The SMILES string of the molecule is Cc1noc(C)c1-c1cnc2c(c1)/C(=C/Cc1ccccc1)C=C2c1ccn(C(F)F)c1. The number of aromatic nitrogens is 3. The van der Waals surface area contributed by atoms with Gasteiger partial charge in [-0.2, -0.15) is 8.78 Å². The molecule has 32 heavy (non-hydrogen) atoms. The van der Waals surface area contributed by atoms with Crippen molar-refractivity contribution in [2.24, 2.45) is 0 Å². The minimum Gasteiger partial charge on any atom is -0.361 e. The highest BCUT2D eigenvalue weighted by atomic mass is 19.3. The van der Waals surface area contributed by atoms with E-state index in [0.717, 1.165) is 56.0 Å². The summed E-state index contributed by atoms with van der Waals surface area (Å²) in [5, 5.41) is 4.06. The van der Waals surface area contributed by atoms with Crippen molar-refractivity contribution in [2.45, 2.75) is 26.8 Å². The third-order valence-corrected chi connectivity index (χ3v) is 5.73. The number of halogens is 2. The zero-order chi connectivity index (χ0) is 22.2. The van der Waals surface area contributed by atoms with E-state index >= 15 is 0 Å². The number of hydrogen-bond acceptors (Lipinski definition) is 3. The van der Waals surface area contributed by atoms with Gasteiger partial charge in [-0.3, -0.25) is 9.55 Å². The lowest BCUT2D eigenvalue weighted by Gasteiger charge is -2.08. The Labute approximate surface area is 184 Å². The standard InChI is InChI=1S/C26H21F2N3O/c1-16-24(17(2)32-30-16)21-13-22-19(9-8-18-6-4-3-5-7-18)12-23(25(22)29-14-21)20-10-11-31(15-20)26(27)28/h3-7,9-15,26H,8H2,1-2H3/b19-9+. The summed E-state index contributed by atoms with van der Waals surface area (Å²) in [4.78, 5) is 4.74. The average molecular weight is 429 g/mol. The molecule has 0 saturated heterocycles. The van der Waals surface area contributed by atoms with Crippen LogP contribution in [0.15, 0.2) is 77.7 Å². The van der Waals surface area contributed by atoms with Crippen LogP contribution in [0.5, 0.6) is 0 Å². The molecule has 6 heteroatoms. The van der Waals surface area contributed by atoms with Crippen LogP contribution >= 0.6 is 0 Å². The van der Waals surface area contributed by atoms with E-state index in [-0.39, 0.29) is 0 Å². The number of alkyl halides is 2. The molecule has 1 aromatic carbocycles. The second-order valence-corrected chi connectivity index (χ2v) is 7.85. The summed E-state index contributed by atoms with van der Waals surface area (Å²) >= 11 is 0. The van der Waals surface area contributed by atoms with E-state index in [2.05, 4.69) is 29.4 Å². The number of allylic oxidation sites excluding steroid dienone is 3. The minimum atomic E-state index is -2.58. The van der Waals surface area contributed by atoms with Crippen LogP contribution in [0.3, 0.4) is 0 Å². The van der Waals surface area contributed by atoms with Crippen LogP contribution < -0.4 is 0 Å². The van der Waals surface area contributed by atoms with Crippen molar-refractivity contribution in [3.05, 3.63) is 107 Å². The number of aryl methyl sites for hydroxylation is 2. The molecule has 0 fully saturated rings. The zero-order valence-electron chi connectivity index (χ0n) is 17.7.